The number of nitrogens with zero attached hydrogens (tertiary/aromatic N) is 2. The minimum atomic E-state index is 0.225. The van der Waals surface area contributed by atoms with Gasteiger partial charge in [0.25, 0.3) is 0 Å². The third kappa shape index (κ3) is 1.88. The van der Waals surface area contributed by atoms with Crippen molar-refractivity contribution in [2.24, 2.45) is 16.1 Å². The average molecular weight is 227 g/mol. The maximum Gasteiger partial charge on any atom is 0.199 e. The van der Waals surface area contributed by atoms with Gasteiger partial charge in [0.2, 0.25) is 0 Å². The van der Waals surface area contributed by atoms with E-state index in [-0.39, 0.29) is 5.84 Å². The van der Waals surface area contributed by atoms with Crippen molar-refractivity contribution < 1.29 is 0 Å². The van der Waals surface area contributed by atoms with E-state index < -0.39 is 0 Å². The lowest BCUT2D eigenvalue weighted by molar-refractivity contribution is 1.13. The van der Waals surface area contributed by atoms with Crippen LogP contribution in [0.1, 0.15) is 5.56 Å². The van der Waals surface area contributed by atoms with Gasteiger partial charge < -0.3 is 5.84 Å². The lowest BCUT2D eigenvalue weighted by Crippen LogP contribution is -1.99. The summed E-state index contributed by atoms with van der Waals surface area (Å²) >= 11 is 3.29. The van der Waals surface area contributed by atoms with Crippen molar-refractivity contribution in [3.8, 4) is 0 Å². The minimum absolute atomic E-state index is 0.225. The third-order valence-electron chi connectivity index (χ3n) is 1.33. The van der Waals surface area contributed by atoms with E-state index in [2.05, 4.69) is 26.1 Å². The van der Waals surface area contributed by atoms with Crippen molar-refractivity contribution in [2.75, 3.05) is 0 Å². The number of rotatable bonds is 1. The molecule has 4 nitrogen and oxygen atoms in total. The molecule has 0 unspecified atom stereocenters. The van der Waals surface area contributed by atoms with Crippen molar-refractivity contribution in [3.63, 3.8) is 0 Å². The largest absolute Gasteiger partial charge is 0.321 e. The maximum absolute atomic E-state index is 6.75. The Hall–Kier alpha value is -1.23. The van der Waals surface area contributed by atoms with Crippen LogP contribution in [0.25, 0.3) is 0 Å². The van der Waals surface area contributed by atoms with Gasteiger partial charge in [-0.1, -0.05) is 15.9 Å². The Balaban J connectivity index is 3.04. The summed E-state index contributed by atoms with van der Waals surface area (Å²) in [6, 6.07) is 7.25. The summed E-state index contributed by atoms with van der Waals surface area (Å²) in [4.78, 5) is 0. The van der Waals surface area contributed by atoms with Crippen LogP contribution in [0, 0.1) is 5.53 Å². The molecule has 0 bridgehead atoms. The van der Waals surface area contributed by atoms with Crippen molar-refractivity contribution >= 4 is 21.8 Å². The first-order valence-corrected chi connectivity index (χ1v) is 3.98. The summed E-state index contributed by atoms with van der Waals surface area (Å²) in [5.74, 6) is 5.24. The van der Waals surface area contributed by atoms with E-state index in [4.69, 9.17) is 11.4 Å². The molecule has 0 saturated carbocycles. The highest BCUT2D eigenvalue weighted by atomic mass is 79.9. The minimum Gasteiger partial charge on any atom is -0.321 e. The number of nitrogens with one attached hydrogen (secondary N) is 1. The van der Waals surface area contributed by atoms with E-state index in [0.717, 1.165) is 10.0 Å². The standard InChI is InChI=1S/C7H7BrN4/c8-6-3-1-5(2-4-6)7(11-9)12-10/h1-4,9H,10H2/b11-9?,12-7-. The topological polar surface area (TPSA) is 74.6 Å². The van der Waals surface area contributed by atoms with E-state index in [1.807, 2.05) is 12.1 Å². The van der Waals surface area contributed by atoms with Crippen LogP contribution in [0.15, 0.2) is 39.0 Å². The summed E-state index contributed by atoms with van der Waals surface area (Å²) in [6.45, 7) is 0. The zero-order valence-corrected chi connectivity index (χ0v) is 7.75. The molecule has 5 heteroatoms. The average Bonchev–Trinajstić information content (AvgIpc) is 2.10. The zero-order chi connectivity index (χ0) is 8.97. The molecule has 0 amide bonds. The Kier molecular flexibility index (Phi) is 2.93. The molecule has 0 aromatic heterocycles. The molecule has 0 fully saturated rings. The Morgan fingerprint density at radius 2 is 1.92 bits per heavy atom. The lowest BCUT2D eigenvalue weighted by Gasteiger charge is -1.96. The second-order valence-electron chi connectivity index (χ2n) is 2.07. The van der Waals surface area contributed by atoms with Crippen LogP contribution in [0.5, 0.6) is 0 Å². The van der Waals surface area contributed by atoms with Crippen LogP contribution in [-0.4, -0.2) is 5.84 Å². The second-order valence-corrected chi connectivity index (χ2v) is 2.99. The summed E-state index contributed by atoms with van der Waals surface area (Å²) < 4.78 is 0.965. The molecule has 0 saturated heterocycles. The molecule has 62 valence electrons. The van der Waals surface area contributed by atoms with Crippen LogP contribution in [0.4, 0.5) is 0 Å². The highest BCUT2D eigenvalue weighted by Crippen LogP contribution is 2.11. The van der Waals surface area contributed by atoms with Gasteiger partial charge in [-0.05, 0) is 24.3 Å². The van der Waals surface area contributed by atoms with Crippen molar-refractivity contribution in [1.29, 1.82) is 5.53 Å². The zero-order valence-electron chi connectivity index (χ0n) is 6.16. The number of hydrogen-bond donors (Lipinski definition) is 2. The second kappa shape index (κ2) is 3.96. The van der Waals surface area contributed by atoms with Gasteiger partial charge in [-0.3, -0.25) is 0 Å². The first kappa shape index (κ1) is 8.86. The Morgan fingerprint density at radius 1 is 1.33 bits per heavy atom. The highest BCUT2D eigenvalue weighted by molar-refractivity contribution is 9.10. The normalized spacial score (nSPS) is 11.2. The van der Waals surface area contributed by atoms with Gasteiger partial charge in [0.15, 0.2) is 5.84 Å². The van der Waals surface area contributed by atoms with Gasteiger partial charge in [0.1, 0.15) is 0 Å². The number of halogens is 1. The monoisotopic (exact) mass is 226 g/mol. The summed E-state index contributed by atoms with van der Waals surface area (Å²) in [5, 5.41) is 6.52. The number of hydrazone groups is 1. The molecule has 0 aliphatic rings. The highest BCUT2D eigenvalue weighted by Gasteiger charge is 1.99. The smallest absolute Gasteiger partial charge is 0.199 e. The van der Waals surface area contributed by atoms with E-state index in [1.165, 1.54) is 0 Å². The maximum atomic E-state index is 6.75. The van der Waals surface area contributed by atoms with E-state index >= 15 is 0 Å². The molecule has 1 rings (SSSR count). The fourth-order valence-corrected chi connectivity index (χ4v) is 1.03. The molecule has 0 aliphatic heterocycles. The number of hydrogen-bond acceptors (Lipinski definition) is 3. The first-order valence-electron chi connectivity index (χ1n) is 3.19. The Bertz CT molecular complexity index is 304. The molecule has 1 aromatic rings. The predicted octanol–water partition coefficient (Wildman–Crippen LogP) is 2.10. The molecule has 12 heavy (non-hydrogen) atoms. The molecule has 1 aromatic carbocycles. The predicted molar refractivity (Wildman–Crippen MR) is 50.0 cm³/mol. The van der Waals surface area contributed by atoms with Gasteiger partial charge in [-0.15, -0.1) is 5.11 Å². The summed E-state index contributed by atoms with van der Waals surface area (Å²) in [6.07, 6.45) is 0. The van der Waals surface area contributed by atoms with Gasteiger partial charge in [-0.2, -0.15) is 5.10 Å². The molecule has 0 atom stereocenters. The van der Waals surface area contributed by atoms with E-state index in [1.54, 1.807) is 12.1 Å². The van der Waals surface area contributed by atoms with E-state index in [0.29, 0.717) is 0 Å². The van der Waals surface area contributed by atoms with Crippen LogP contribution in [-0.2, 0) is 0 Å². The number of benzene rings is 1. The number of amidine groups is 1. The van der Waals surface area contributed by atoms with Crippen molar-refractivity contribution in [3.05, 3.63) is 34.3 Å². The summed E-state index contributed by atoms with van der Waals surface area (Å²) in [5.41, 5.74) is 7.49. The molecule has 3 N–H and O–H groups in total. The fraction of sp³-hybridized carbons (Fsp3) is 0. The molecule has 0 spiro atoms. The van der Waals surface area contributed by atoms with Crippen LogP contribution in [0.2, 0.25) is 0 Å². The third-order valence-corrected chi connectivity index (χ3v) is 1.86. The fourth-order valence-electron chi connectivity index (χ4n) is 0.767. The SMILES string of the molecule is N=N/C(=N\N)c1ccc(Br)cc1. The van der Waals surface area contributed by atoms with Crippen LogP contribution < -0.4 is 5.84 Å². The quantitative estimate of drug-likeness (QED) is 0.249. The lowest BCUT2D eigenvalue weighted by atomic mass is 10.2. The van der Waals surface area contributed by atoms with Gasteiger partial charge >= 0.3 is 0 Å². The van der Waals surface area contributed by atoms with Crippen molar-refractivity contribution in [2.45, 2.75) is 0 Å². The molecule has 0 radical (unpaired) electrons. The van der Waals surface area contributed by atoms with Gasteiger partial charge in [0.05, 0.1) is 0 Å². The summed E-state index contributed by atoms with van der Waals surface area (Å²) in [7, 11) is 0. The Morgan fingerprint density at radius 3 is 2.33 bits per heavy atom. The number of nitrogens with two attached hydrogens (primary N) is 1. The molecule has 0 heterocycles. The Labute approximate surface area is 78.1 Å². The van der Waals surface area contributed by atoms with E-state index in [9.17, 15) is 0 Å². The van der Waals surface area contributed by atoms with Gasteiger partial charge in [-0.25, -0.2) is 5.53 Å². The molecule has 0 aliphatic carbocycles. The van der Waals surface area contributed by atoms with Gasteiger partial charge in [0, 0.05) is 10.0 Å². The first-order chi connectivity index (χ1) is 5.77. The van der Waals surface area contributed by atoms with Crippen LogP contribution in [0.3, 0.4) is 0 Å². The molecular formula is C7H7BrN4. The molecular weight excluding hydrogens is 220 g/mol. The van der Waals surface area contributed by atoms with Crippen molar-refractivity contribution in [1.82, 2.24) is 0 Å². The van der Waals surface area contributed by atoms with Crippen LogP contribution >= 0.6 is 15.9 Å².